The van der Waals surface area contributed by atoms with Gasteiger partial charge in [0, 0.05) is 29.9 Å². The topological polar surface area (TPSA) is 75.5 Å². The molecule has 6 nitrogen and oxygen atoms in total. The lowest BCUT2D eigenvalue weighted by molar-refractivity contribution is -0.384. The molecule has 0 spiro atoms. The van der Waals surface area contributed by atoms with Gasteiger partial charge >= 0.3 is 0 Å². The van der Waals surface area contributed by atoms with Crippen molar-refractivity contribution in [3.05, 3.63) is 99.6 Å². The number of rotatable bonds is 5. The van der Waals surface area contributed by atoms with Gasteiger partial charge in [-0.2, -0.15) is 0 Å². The van der Waals surface area contributed by atoms with E-state index in [1.54, 1.807) is 17.0 Å². The van der Waals surface area contributed by atoms with E-state index >= 15 is 0 Å². The van der Waals surface area contributed by atoms with Crippen molar-refractivity contribution in [2.45, 2.75) is 25.9 Å². The lowest BCUT2D eigenvalue weighted by Crippen LogP contribution is -2.35. The fraction of sp³-hybridized carbons (Fsp3) is 0.174. The van der Waals surface area contributed by atoms with Crippen molar-refractivity contribution >= 4 is 23.0 Å². The van der Waals surface area contributed by atoms with Gasteiger partial charge in [-0.1, -0.05) is 48.5 Å². The third-order valence-corrected chi connectivity index (χ3v) is 5.19. The Balaban J connectivity index is 1.61. The van der Waals surface area contributed by atoms with Gasteiger partial charge in [0.05, 0.1) is 4.92 Å². The Bertz CT molecular complexity index is 1070. The molecule has 29 heavy (non-hydrogen) atoms. The molecule has 3 aromatic carbocycles. The van der Waals surface area contributed by atoms with E-state index in [0.29, 0.717) is 17.8 Å². The van der Waals surface area contributed by atoms with Crippen molar-refractivity contribution in [2.24, 2.45) is 0 Å². The summed E-state index contributed by atoms with van der Waals surface area (Å²) in [5.41, 5.74) is 3.61. The van der Waals surface area contributed by atoms with Crippen LogP contribution in [0, 0.1) is 10.1 Å². The molecule has 146 valence electrons. The summed E-state index contributed by atoms with van der Waals surface area (Å²) in [6, 6.07) is 22.1. The number of para-hydroxylation sites is 1. The Labute approximate surface area is 168 Å². The zero-order chi connectivity index (χ0) is 20.4. The van der Waals surface area contributed by atoms with E-state index in [1.165, 1.54) is 6.07 Å². The first-order valence-corrected chi connectivity index (χ1v) is 9.52. The van der Waals surface area contributed by atoms with Crippen LogP contribution in [0.15, 0.2) is 72.8 Å². The number of hydrogen-bond acceptors (Lipinski definition) is 4. The molecule has 0 saturated heterocycles. The lowest BCUT2D eigenvalue weighted by Gasteiger charge is -2.23. The van der Waals surface area contributed by atoms with Crippen molar-refractivity contribution in [3.63, 3.8) is 0 Å². The number of nitrogens with one attached hydrogen (secondary N) is 1. The number of nitro groups is 1. The first kappa shape index (κ1) is 18.7. The highest BCUT2D eigenvalue weighted by molar-refractivity contribution is 6.08. The van der Waals surface area contributed by atoms with Crippen molar-refractivity contribution in [1.29, 1.82) is 0 Å². The molecule has 1 aliphatic heterocycles. The Morgan fingerprint density at radius 2 is 1.83 bits per heavy atom. The van der Waals surface area contributed by atoms with E-state index in [0.717, 1.165) is 23.2 Å². The number of amides is 1. The largest absolute Gasteiger partial charge is 0.375 e. The Hall–Kier alpha value is -3.67. The minimum Gasteiger partial charge on any atom is -0.375 e. The molecule has 1 aliphatic rings. The van der Waals surface area contributed by atoms with Crippen molar-refractivity contribution in [2.75, 3.05) is 10.2 Å². The fourth-order valence-corrected chi connectivity index (χ4v) is 3.77. The maximum atomic E-state index is 13.2. The minimum absolute atomic E-state index is 0.00911. The molecular formula is C23H21N3O3. The van der Waals surface area contributed by atoms with Crippen LogP contribution in [-0.2, 0) is 13.0 Å². The molecule has 3 aromatic rings. The van der Waals surface area contributed by atoms with E-state index in [9.17, 15) is 14.9 Å². The third-order valence-electron chi connectivity index (χ3n) is 5.19. The quantitative estimate of drug-likeness (QED) is 0.504. The predicted molar refractivity (Wildman–Crippen MR) is 113 cm³/mol. The maximum absolute atomic E-state index is 13.2. The molecule has 0 aliphatic carbocycles. The van der Waals surface area contributed by atoms with Crippen LogP contribution in [0.2, 0.25) is 0 Å². The van der Waals surface area contributed by atoms with E-state index in [4.69, 9.17) is 0 Å². The van der Waals surface area contributed by atoms with E-state index < -0.39 is 4.92 Å². The van der Waals surface area contributed by atoms with Crippen LogP contribution in [0.3, 0.4) is 0 Å². The number of anilines is 2. The van der Waals surface area contributed by atoms with Crippen molar-refractivity contribution < 1.29 is 9.72 Å². The fourth-order valence-electron chi connectivity index (χ4n) is 3.77. The highest BCUT2D eigenvalue weighted by Gasteiger charge is 2.32. The van der Waals surface area contributed by atoms with Gasteiger partial charge in [0.1, 0.15) is 5.69 Å². The highest BCUT2D eigenvalue weighted by atomic mass is 16.6. The second kappa shape index (κ2) is 7.75. The van der Waals surface area contributed by atoms with Gasteiger partial charge in [-0.15, -0.1) is 0 Å². The van der Waals surface area contributed by atoms with Gasteiger partial charge in [-0.05, 0) is 42.7 Å². The molecule has 4 rings (SSSR count). The zero-order valence-corrected chi connectivity index (χ0v) is 16.0. The van der Waals surface area contributed by atoms with Gasteiger partial charge in [-0.3, -0.25) is 14.9 Å². The van der Waals surface area contributed by atoms with E-state index in [1.807, 2.05) is 61.5 Å². The monoisotopic (exact) mass is 387 g/mol. The number of nitro benzene ring substituents is 1. The lowest BCUT2D eigenvalue weighted by atomic mass is 10.1. The molecule has 1 amide bonds. The van der Waals surface area contributed by atoms with E-state index in [-0.39, 0.29) is 17.6 Å². The summed E-state index contributed by atoms with van der Waals surface area (Å²) < 4.78 is 0. The normalized spacial score (nSPS) is 15.1. The van der Waals surface area contributed by atoms with Crippen LogP contribution in [-0.4, -0.2) is 16.9 Å². The highest BCUT2D eigenvalue weighted by Crippen LogP contribution is 2.34. The first-order chi connectivity index (χ1) is 14.0. The minimum atomic E-state index is -0.453. The number of hydrogen-bond donors (Lipinski definition) is 1. The van der Waals surface area contributed by atoms with Crippen LogP contribution in [0.25, 0.3) is 0 Å². The maximum Gasteiger partial charge on any atom is 0.293 e. The average Bonchev–Trinajstić information content (AvgIpc) is 3.08. The summed E-state index contributed by atoms with van der Waals surface area (Å²) in [7, 11) is 0. The van der Waals surface area contributed by atoms with Crippen LogP contribution in [0.4, 0.5) is 17.1 Å². The summed E-state index contributed by atoms with van der Waals surface area (Å²) >= 11 is 0. The molecule has 0 saturated carbocycles. The zero-order valence-electron chi connectivity index (χ0n) is 16.0. The molecule has 0 bridgehead atoms. The second-order valence-corrected chi connectivity index (χ2v) is 7.19. The summed E-state index contributed by atoms with van der Waals surface area (Å²) in [5, 5.41) is 14.7. The molecular weight excluding hydrogens is 366 g/mol. The number of carbonyl (C=O) groups is 1. The Morgan fingerprint density at radius 3 is 2.59 bits per heavy atom. The predicted octanol–water partition coefficient (Wildman–Crippen LogP) is 4.80. The molecule has 0 radical (unpaired) electrons. The number of fused-ring (bicyclic) bond motifs is 1. The summed E-state index contributed by atoms with van der Waals surface area (Å²) in [4.78, 5) is 26.1. The molecule has 6 heteroatoms. The molecule has 0 fully saturated rings. The van der Waals surface area contributed by atoms with Crippen LogP contribution in [0.5, 0.6) is 0 Å². The summed E-state index contributed by atoms with van der Waals surface area (Å²) in [6.07, 6.45) is 0.778. The van der Waals surface area contributed by atoms with Crippen molar-refractivity contribution in [3.8, 4) is 0 Å². The summed E-state index contributed by atoms with van der Waals surface area (Å²) in [5.74, 6) is -0.222. The molecule has 1 N–H and O–H groups in total. The molecule has 1 unspecified atom stereocenters. The Kier molecular flexibility index (Phi) is 4.99. The van der Waals surface area contributed by atoms with Gasteiger partial charge < -0.3 is 10.2 Å². The number of nitrogens with zero attached hydrogens (tertiary/aromatic N) is 2. The molecule has 0 aromatic heterocycles. The Morgan fingerprint density at radius 1 is 1.10 bits per heavy atom. The number of benzene rings is 3. The molecule has 1 atom stereocenters. The van der Waals surface area contributed by atoms with E-state index in [2.05, 4.69) is 5.32 Å². The van der Waals surface area contributed by atoms with Crippen LogP contribution < -0.4 is 10.2 Å². The SMILES string of the molecule is CC1Cc2ccccc2N1C(=O)c1ccc(NCc2ccccc2)c([N+](=O)[O-])c1. The van der Waals surface area contributed by atoms with Gasteiger partial charge in [0.15, 0.2) is 0 Å². The molecule has 1 heterocycles. The van der Waals surface area contributed by atoms with Gasteiger partial charge in [-0.25, -0.2) is 0 Å². The standard InChI is InChI=1S/C23H21N3O3/c1-16-13-18-9-5-6-10-21(18)25(16)23(27)19-11-12-20(22(14-19)26(28)29)24-15-17-7-3-2-4-8-17/h2-12,14,16,24H,13,15H2,1H3. The third kappa shape index (κ3) is 3.69. The number of carbonyl (C=O) groups excluding carboxylic acids is 1. The van der Waals surface area contributed by atoms with Gasteiger partial charge in [0.2, 0.25) is 0 Å². The first-order valence-electron chi connectivity index (χ1n) is 9.52. The van der Waals surface area contributed by atoms with Crippen LogP contribution in [0.1, 0.15) is 28.4 Å². The van der Waals surface area contributed by atoms with Crippen LogP contribution >= 0.6 is 0 Å². The smallest absolute Gasteiger partial charge is 0.293 e. The summed E-state index contributed by atoms with van der Waals surface area (Å²) in [6.45, 7) is 2.45. The average molecular weight is 387 g/mol. The second-order valence-electron chi connectivity index (χ2n) is 7.19. The van der Waals surface area contributed by atoms with Crippen molar-refractivity contribution in [1.82, 2.24) is 0 Å². The van der Waals surface area contributed by atoms with Gasteiger partial charge in [0.25, 0.3) is 11.6 Å².